The molecule has 0 unspecified atom stereocenters. The Balaban J connectivity index is 1.58. The number of hydrogen-bond acceptors (Lipinski definition) is 2. The minimum absolute atomic E-state index is 0.171. The number of para-hydroxylation sites is 2. The van der Waals surface area contributed by atoms with Crippen LogP contribution < -0.4 is 15.5 Å². The standard InChI is InChI=1S/C23H20ClN3O2/c24-18-11-5-6-12-19(18)25-23(29)26-21(17-9-2-1-3-10-17)22(28)27-15-14-16-8-4-7-13-20(16)27/h1-13,21H,14-15H2,(H2,25,26,29)/t21-/m1/s1. The monoisotopic (exact) mass is 405 g/mol. The molecule has 29 heavy (non-hydrogen) atoms. The van der Waals surface area contributed by atoms with Crippen molar-refractivity contribution in [3.05, 3.63) is 95.0 Å². The Hall–Kier alpha value is -3.31. The predicted octanol–water partition coefficient (Wildman–Crippen LogP) is 4.79. The van der Waals surface area contributed by atoms with E-state index in [1.54, 1.807) is 29.2 Å². The van der Waals surface area contributed by atoms with Crippen molar-refractivity contribution in [2.45, 2.75) is 12.5 Å². The Bertz CT molecular complexity index is 1040. The highest BCUT2D eigenvalue weighted by atomic mass is 35.5. The molecule has 4 rings (SSSR count). The molecule has 0 fully saturated rings. The summed E-state index contributed by atoms with van der Waals surface area (Å²) < 4.78 is 0. The number of halogens is 1. The topological polar surface area (TPSA) is 61.4 Å². The van der Waals surface area contributed by atoms with Crippen LogP contribution in [0.1, 0.15) is 17.2 Å². The molecule has 1 heterocycles. The lowest BCUT2D eigenvalue weighted by Crippen LogP contribution is -2.43. The van der Waals surface area contributed by atoms with E-state index in [-0.39, 0.29) is 5.91 Å². The summed E-state index contributed by atoms with van der Waals surface area (Å²) >= 11 is 6.13. The third-order valence-electron chi connectivity index (χ3n) is 4.93. The first kappa shape index (κ1) is 19.0. The zero-order valence-electron chi connectivity index (χ0n) is 15.6. The summed E-state index contributed by atoms with van der Waals surface area (Å²) in [6.07, 6.45) is 0.801. The fourth-order valence-corrected chi connectivity index (χ4v) is 3.69. The van der Waals surface area contributed by atoms with Gasteiger partial charge in [0.25, 0.3) is 5.91 Å². The first-order valence-electron chi connectivity index (χ1n) is 9.40. The highest BCUT2D eigenvalue weighted by Gasteiger charge is 2.32. The number of carbonyl (C=O) groups excluding carboxylic acids is 2. The molecule has 0 aliphatic carbocycles. The molecule has 146 valence electrons. The molecule has 0 saturated carbocycles. The molecule has 3 aromatic carbocycles. The Kier molecular flexibility index (Phi) is 5.49. The van der Waals surface area contributed by atoms with Crippen molar-refractivity contribution in [3.8, 4) is 0 Å². The Morgan fingerprint density at radius 1 is 0.897 bits per heavy atom. The lowest BCUT2D eigenvalue weighted by Gasteiger charge is -2.25. The average molecular weight is 406 g/mol. The zero-order valence-corrected chi connectivity index (χ0v) is 16.4. The Morgan fingerprint density at radius 2 is 1.59 bits per heavy atom. The van der Waals surface area contributed by atoms with Crippen LogP contribution in [0.3, 0.4) is 0 Å². The van der Waals surface area contributed by atoms with Crippen molar-refractivity contribution >= 4 is 34.9 Å². The van der Waals surface area contributed by atoms with E-state index in [1.807, 2.05) is 54.6 Å². The van der Waals surface area contributed by atoms with E-state index in [9.17, 15) is 9.59 Å². The van der Waals surface area contributed by atoms with E-state index in [0.29, 0.717) is 17.3 Å². The Labute approximate surface area is 174 Å². The third-order valence-corrected chi connectivity index (χ3v) is 5.26. The number of carbonyl (C=O) groups is 2. The highest BCUT2D eigenvalue weighted by molar-refractivity contribution is 6.33. The second kappa shape index (κ2) is 8.37. The predicted molar refractivity (Wildman–Crippen MR) is 115 cm³/mol. The van der Waals surface area contributed by atoms with Gasteiger partial charge >= 0.3 is 6.03 Å². The smallest absolute Gasteiger partial charge is 0.320 e. The van der Waals surface area contributed by atoms with Gasteiger partial charge in [0.15, 0.2) is 0 Å². The molecule has 6 heteroatoms. The quantitative estimate of drug-likeness (QED) is 0.655. The van der Waals surface area contributed by atoms with Crippen LogP contribution in [0.25, 0.3) is 0 Å². The molecule has 0 saturated heterocycles. The zero-order chi connectivity index (χ0) is 20.2. The molecule has 3 aromatic rings. The summed E-state index contributed by atoms with van der Waals surface area (Å²) in [5, 5.41) is 5.97. The van der Waals surface area contributed by atoms with Crippen LogP contribution in [0.15, 0.2) is 78.9 Å². The molecular weight excluding hydrogens is 386 g/mol. The lowest BCUT2D eigenvalue weighted by molar-refractivity contribution is -0.120. The van der Waals surface area contributed by atoms with Crippen LogP contribution in [-0.2, 0) is 11.2 Å². The van der Waals surface area contributed by atoms with Gasteiger partial charge in [0.05, 0.1) is 10.7 Å². The number of rotatable bonds is 4. The van der Waals surface area contributed by atoms with Crippen molar-refractivity contribution in [2.24, 2.45) is 0 Å². The molecule has 0 bridgehead atoms. The number of urea groups is 1. The van der Waals surface area contributed by atoms with Crippen LogP contribution in [0.2, 0.25) is 5.02 Å². The van der Waals surface area contributed by atoms with E-state index in [2.05, 4.69) is 10.6 Å². The van der Waals surface area contributed by atoms with Crippen molar-refractivity contribution in [2.75, 3.05) is 16.8 Å². The number of anilines is 2. The SMILES string of the molecule is O=C(Nc1ccccc1Cl)N[C@@H](C(=O)N1CCc2ccccc21)c1ccccc1. The van der Waals surface area contributed by atoms with Gasteiger partial charge in [-0.05, 0) is 35.7 Å². The van der Waals surface area contributed by atoms with Crippen molar-refractivity contribution in [3.63, 3.8) is 0 Å². The van der Waals surface area contributed by atoms with Gasteiger partial charge in [-0.3, -0.25) is 4.79 Å². The molecule has 5 nitrogen and oxygen atoms in total. The highest BCUT2D eigenvalue weighted by Crippen LogP contribution is 2.30. The van der Waals surface area contributed by atoms with Gasteiger partial charge in [-0.1, -0.05) is 72.3 Å². The Morgan fingerprint density at radius 3 is 2.38 bits per heavy atom. The third kappa shape index (κ3) is 4.10. The maximum absolute atomic E-state index is 13.4. The summed E-state index contributed by atoms with van der Waals surface area (Å²) in [5.74, 6) is -0.171. The number of hydrogen-bond donors (Lipinski definition) is 2. The second-order valence-corrected chi connectivity index (χ2v) is 7.20. The summed E-state index contributed by atoms with van der Waals surface area (Å²) in [6, 6.07) is 22.7. The van der Waals surface area contributed by atoms with Gasteiger partial charge in [0, 0.05) is 12.2 Å². The largest absolute Gasteiger partial charge is 0.322 e. The fraction of sp³-hybridized carbons (Fsp3) is 0.130. The molecule has 2 N–H and O–H groups in total. The van der Waals surface area contributed by atoms with E-state index in [1.165, 1.54) is 0 Å². The van der Waals surface area contributed by atoms with E-state index < -0.39 is 12.1 Å². The van der Waals surface area contributed by atoms with Crippen LogP contribution in [0, 0.1) is 0 Å². The minimum atomic E-state index is -0.815. The van der Waals surface area contributed by atoms with Gasteiger partial charge in [-0.25, -0.2) is 4.79 Å². The van der Waals surface area contributed by atoms with E-state index in [4.69, 9.17) is 11.6 Å². The molecule has 3 amide bonds. The van der Waals surface area contributed by atoms with Crippen molar-refractivity contribution < 1.29 is 9.59 Å². The van der Waals surface area contributed by atoms with E-state index >= 15 is 0 Å². The van der Waals surface area contributed by atoms with E-state index in [0.717, 1.165) is 23.2 Å². The first-order chi connectivity index (χ1) is 14.1. The van der Waals surface area contributed by atoms with Gasteiger partial charge in [-0.2, -0.15) is 0 Å². The van der Waals surface area contributed by atoms with Gasteiger partial charge in [0.1, 0.15) is 6.04 Å². The lowest BCUT2D eigenvalue weighted by atomic mass is 10.1. The van der Waals surface area contributed by atoms with Crippen molar-refractivity contribution in [1.29, 1.82) is 0 Å². The number of amides is 3. The second-order valence-electron chi connectivity index (χ2n) is 6.79. The molecule has 0 radical (unpaired) electrons. The van der Waals surface area contributed by atoms with Crippen LogP contribution in [0.4, 0.5) is 16.2 Å². The summed E-state index contributed by atoms with van der Waals surface area (Å²) in [6.45, 7) is 0.593. The maximum Gasteiger partial charge on any atom is 0.320 e. The molecule has 0 spiro atoms. The van der Waals surface area contributed by atoms with Crippen LogP contribution >= 0.6 is 11.6 Å². The molecule has 1 aliphatic heterocycles. The van der Waals surface area contributed by atoms with Gasteiger partial charge in [-0.15, -0.1) is 0 Å². The molecule has 0 aromatic heterocycles. The summed E-state index contributed by atoms with van der Waals surface area (Å²) in [4.78, 5) is 27.8. The summed E-state index contributed by atoms with van der Waals surface area (Å²) in [7, 11) is 0. The number of fused-ring (bicyclic) bond motifs is 1. The number of benzene rings is 3. The maximum atomic E-state index is 13.4. The minimum Gasteiger partial charge on any atom is -0.322 e. The van der Waals surface area contributed by atoms with Crippen LogP contribution in [0.5, 0.6) is 0 Å². The summed E-state index contributed by atoms with van der Waals surface area (Å²) in [5.41, 5.74) is 3.23. The molecular formula is C23H20ClN3O2. The molecule has 1 atom stereocenters. The average Bonchev–Trinajstić information content (AvgIpc) is 3.18. The van der Waals surface area contributed by atoms with Crippen LogP contribution in [-0.4, -0.2) is 18.5 Å². The number of nitrogens with zero attached hydrogens (tertiary/aromatic N) is 1. The molecule has 1 aliphatic rings. The van der Waals surface area contributed by atoms with Gasteiger partial charge in [0.2, 0.25) is 0 Å². The number of nitrogens with one attached hydrogen (secondary N) is 2. The first-order valence-corrected chi connectivity index (χ1v) is 9.77. The fourth-order valence-electron chi connectivity index (χ4n) is 3.51. The normalized spacial score (nSPS) is 13.5. The van der Waals surface area contributed by atoms with Gasteiger partial charge < -0.3 is 15.5 Å². The van der Waals surface area contributed by atoms with Crippen molar-refractivity contribution in [1.82, 2.24) is 5.32 Å².